The van der Waals surface area contributed by atoms with E-state index in [1.165, 1.54) is 11.1 Å². The summed E-state index contributed by atoms with van der Waals surface area (Å²) in [5, 5.41) is 0. The molecular weight excluding hydrogens is 435 g/mol. The molecule has 0 saturated heterocycles. The van der Waals surface area contributed by atoms with Crippen molar-refractivity contribution < 1.29 is 29.9 Å². The fraction of sp³-hybridized carbons (Fsp3) is 0.533. The molecule has 0 amide bonds. The average molecular weight is 466 g/mol. The Kier molecular flexibility index (Phi) is 19.3. The molecule has 0 aromatic rings. The molecule has 0 spiro atoms. The van der Waals surface area contributed by atoms with Gasteiger partial charge in [0.15, 0.2) is 0 Å². The smallest absolute Gasteiger partial charge is 0.398 e. The average Bonchev–Trinajstić information content (AvgIpc) is 2.64. The van der Waals surface area contributed by atoms with E-state index in [0.29, 0.717) is 0 Å². The van der Waals surface area contributed by atoms with Crippen LogP contribution in [0.2, 0.25) is 12.6 Å². The summed E-state index contributed by atoms with van der Waals surface area (Å²) >= 11 is 0. The Morgan fingerprint density at radius 2 is 1.74 bits per heavy atom. The van der Waals surface area contributed by atoms with E-state index in [4.69, 9.17) is 8.85 Å². The standard InChI is InChI=1S/C12H21O2Si.3CH3.Pt/c1-11-7-5-8-12(11)9-6-10-15(4,13-2)14-3;;;;/h8H,5-6,9-10H2,1-4H3;3*1H3;/q4*-1;+4. The maximum Gasteiger partial charge on any atom is 4.00 e. The summed E-state index contributed by atoms with van der Waals surface area (Å²) in [6.07, 6.45) is 8.86. The number of hydrogen-bond donors (Lipinski definition) is 0. The van der Waals surface area contributed by atoms with Crippen molar-refractivity contribution in [2.24, 2.45) is 0 Å². The Bertz CT molecular complexity index is 271. The summed E-state index contributed by atoms with van der Waals surface area (Å²) < 4.78 is 10.9. The van der Waals surface area contributed by atoms with Crippen LogP contribution in [-0.2, 0) is 29.9 Å². The fourth-order valence-electron chi connectivity index (χ4n) is 1.77. The van der Waals surface area contributed by atoms with Gasteiger partial charge in [-0.1, -0.05) is 19.8 Å². The van der Waals surface area contributed by atoms with Crippen molar-refractivity contribution in [2.75, 3.05) is 14.2 Å². The van der Waals surface area contributed by atoms with E-state index in [0.717, 1.165) is 25.3 Å². The van der Waals surface area contributed by atoms with E-state index in [1.807, 2.05) is 0 Å². The molecule has 0 aliphatic heterocycles. The van der Waals surface area contributed by atoms with Crippen molar-refractivity contribution in [3.8, 4) is 0 Å². The molecule has 0 N–H and O–H groups in total. The first-order valence-corrected chi connectivity index (χ1v) is 8.01. The van der Waals surface area contributed by atoms with Gasteiger partial charge in [0.05, 0.1) is 0 Å². The van der Waals surface area contributed by atoms with Gasteiger partial charge in [-0.3, -0.25) is 6.08 Å². The van der Waals surface area contributed by atoms with Crippen LogP contribution < -0.4 is 0 Å². The minimum atomic E-state index is -1.85. The molecule has 2 nitrogen and oxygen atoms in total. The van der Waals surface area contributed by atoms with Crippen LogP contribution in [0.5, 0.6) is 0 Å². The van der Waals surface area contributed by atoms with Gasteiger partial charge in [-0.05, 0) is 12.6 Å². The molecule has 1 aliphatic rings. The largest absolute Gasteiger partial charge is 4.00 e. The van der Waals surface area contributed by atoms with Crippen molar-refractivity contribution in [1.82, 2.24) is 0 Å². The van der Waals surface area contributed by atoms with E-state index < -0.39 is 8.56 Å². The quantitative estimate of drug-likeness (QED) is 0.423. The van der Waals surface area contributed by atoms with Gasteiger partial charge in [0.25, 0.3) is 0 Å². The van der Waals surface area contributed by atoms with Crippen LogP contribution in [0, 0.1) is 28.4 Å². The monoisotopic (exact) mass is 465 g/mol. The first-order chi connectivity index (χ1) is 7.11. The molecule has 0 bridgehead atoms. The van der Waals surface area contributed by atoms with Gasteiger partial charge in [-0.25, -0.2) is 5.57 Å². The second-order valence-electron chi connectivity index (χ2n) is 4.13. The first-order valence-electron chi connectivity index (χ1n) is 5.48. The Morgan fingerprint density at radius 1 is 1.21 bits per heavy atom. The van der Waals surface area contributed by atoms with Gasteiger partial charge < -0.3 is 31.1 Å². The SMILES string of the molecule is CO[Si](C)(CCCC1=CC[C-]=C1C)OC.[CH3-].[CH3-].[CH3-].[Pt+4]. The van der Waals surface area contributed by atoms with Crippen LogP contribution in [0.3, 0.4) is 0 Å². The van der Waals surface area contributed by atoms with Crippen LogP contribution in [0.25, 0.3) is 0 Å². The van der Waals surface area contributed by atoms with Crippen molar-refractivity contribution in [1.29, 1.82) is 0 Å². The molecule has 0 saturated carbocycles. The second kappa shape index (κ2) is 13.3. The fourth-order valence-corrected chi connectivity index (χ4v) is 3.16. The van der Waals surface area contributed by atoms with Crippen molar-refractivity contribution in [3.63, 3.8) is 0 Å². The van der Waals surface area contributed by atoms with E-state index in [2.05, 4.69) is 25.6 Å². The van der Waals surface area contributed by atoms with Gasteiger partial charge in [0, 0.05) is 14.2 Å². The first kappa shape index (κ1) is 27.6. The predicted octanol–water partition coefficient (Wildman–Crippen LogP) is 4.56. The Labute approximate surface area is 137 Å². The van der Waals surface area contributed by atoms with Crippen LogP contribution in [0.4, 0.5) is 0 Å². The summed E-state index contributed by atoms with van der Waals surface area (Å²) in [6.45, 7) is 4.26. The van der Waals surface area contributed by atoms with Crippen LogP contribution in [0.15, 0.2) is 17.2 Å². The molecule has 0 fully saturated rings. The van der Waals surface area contributed by atoms with Crippen LogP contribution in [0.1, 0.15) is 26.2 Å². The molecule has 0 aromatic heterocycles. The predicted molar refractivity (Wildman–Crippen MR) is 84.0 cm³/mol. The Hall–Kier alpha value is 0.305. The third-order valence-corrected chi connectivity index (χ3v) is 6.13. The van der Waals surface area contributed by atoms with Gasteiger partial charge in [0.2, 0.25) is 0 Å². The summed E-state index contributed by atoms with van der Waals surface area (Å²) in [5.41, 5.74) is 2.78. The van der Waals surface area contributed by atoms with E-state index in [1.54, 1.807) is 14.2 Å². The Morgan fingerprint density at radius 3 is 2.11 bits per heavy atom. The molecule has 0 heterocycles. The molecule has 0 aromatic carbocycles. The third-order valence-electron chi connectivity index (χ3n) is 3.14. The van der Waals surface area contributed by atoms with Crippen molar-refractivity contribution in [2.45, 2.75) is 38.8 Å². The zero-order valence-corrected chi connectivity index (χ0v) is 16.8. The zero-order chi connectivity index (χ0) is 11.3. The van der Waals surface area contributed by atoms with Gasteiger partial charge in [0.1, 0.15) is 0 Å². The number of allylic oxidation sites excluding steroid dienone is 4. The van der Waals surface area contributed by atoms with Gasteiger partial charge >= 0.3 is 29.6 Å². The van der Waals surface area contributed by atoms with Gasteiger partial charge in [-0.2, -0.15) is 11.6 Å². The summed E-state index contributed by atoms with van der Waals surface area (Å²) in [7, 11) is 1.66. The van der Waals surface area contributed by atoms with Crippen molar-refractivity contribution in [3.05, 3.63) is 45.6 Å². The molecule has 0 unspecified atom stereocenters. The molecular formula is C15H30O2PtSi. The van der Waals surface area contributed by atoms with Crippen LogP contribution in [-0.4, -0.2) is 22.8 Å². The second-order valence-corrected chi connectivity index (χ2v) is 7.71. The topological polar surface area (TPSA) is 18.5 Å². The third kappa shape index (κ3) is 8.96. The maximum absolute atomic E-state index is 5.45. The van der Waals surface area contributed by atoms with E-state index >= 15 is 0 Å². The maximum atomic E-state index is 5.45. The zero-order valence-electron chi connectivity index (χ0n) is 13.5. The summed E-state index contributed by atoms with van der Waals surface area (Å²) in [6, 6.07) is 1.06. The molecule has 1 aliphatic carbocycles. The molecule has 4 heteroatoms. The molecule has 0 radical (unpaired) electrons. The minimum absolute atomic E-state index is 0. The minimum Gasteiger partial charge on any atom is -0.398 e. The van der Waals surface area contributed by atoms with E-state index in [9.17, 15) is 0 Å². The molecule has 116 valence electrons. The number of hydrogen-bond acceptors (Lipinski definition) is 2. The summed E-state index contributed by atoms with van der Waals surface area (Å²) in [4.78, 5) is 0. The van der Waals surface area contributed by atoms with E-state index in [-0.39, 0.29) is 43.3 Å². The van der Waals surface area contributed by atoms with Crippen LogP contribution >= 0.6 is 0 Å². The number of rotatable bonds is 6. The molecule has 19 heavy (non-hydrogen) atoms. The molecule has 1 rings (SSSR count). The molecule has 0 atom stereocenters. The summed E-state index contributed by atoms with van der Waals surface area (Å²) in [5.74, 6) is 0. The Balaban J connectivity index is -0.000000281. The normalized spacial score (nSPS) is 13.1. The van der Waals surface area contributed by atoms with Gasteiger partial charge in [-0.15, -0.1) is 6.42 Å². The van der Waals surface area contributed by atoms with Crippen molar-refractivity contribution >= 4 is 8.56 Å².